The van der Waals surface area contributed by atoms with Crippen molar-refractivity contribution in [1.29, 1.82) is 0 Å². The summed E-state index contributed by atoms with van der Waals surface area (Å²) < 4.78 is 31.4. The smallest absolute Gasteiger partial charge is 0.260 e. The van der Waals surface area contributed by atoms with E-state index in [-0.39, 0.29) is 10.8 Å². The summed E-state index contributed by atoms with van der Waals surface area (Å²) in [5.74, 6) is 0.256. The molecule has 0 fully saturated rings. The highest BCUT2D eigenvalue weighted by Gasteiger charge is 2.25. The lowest BCUT2D eigenvalue weighted by molar-refractivity contribution is 0.0986. The number of hydrogen-bond donors (Lipinski definition) is 0. The molecule has 3 rings (SSSR count). The van der Waals surface area contributed by atoms with Gasteiger partial charge in [-0.15, -0.1) is 0 Å². The lowest BCUT2D eigenvalue weighted by atomic mass is 10.2. The molecule has 0 saturated heterocycles. The van der Waals surface area contributed by atoms with Crippen LogP contribution < -0.4 is 9.64 Å². The van der Waals surface area contributed by atoms with Crippen molar-refractivity contribution in [2.75, 3.05) is 39.2 Å². The Morgan fingerprint density at radius 1 is 1.18 bits per heavy atom. The Hall–Kier alpha value is -2.20. The fraction of sp³-hybridized carbons (Fsp3) is 0.391. The molecule has 0 aliphatic rings. The number of nitrogens with zero attached hydrogens (tertiary/aromatic N) is 3. The average molecular weight is 510 g/mol. The summed E-state index contributed by atoms with van der Waals surface area (Å²) in [5.41, 5.74) is 0.880. The molecule has 0 bridgehead atoms. The zero-order valence-electron chi connectivity index (χ0n) is 19.3. The van der Waals surface area contributed by atoms with Gasteiger partial charge in [-0.05, 0) is 71.2 Å². The summed E-state index contributed by atoms with van der Waals surface area (Å²) in [5, 5.41) is 0.426. The highest BCUT2D eigenvalue weighted by atomic mass is 35.5. The van der Waals surface area contributed by atoms with Crippen LogP contribution in [0.2, 0.25) is 5.02 Å². The topological polar surface area (TPSA) is 79.8 Å². The normalized spacial score (nSPS) is 12.0. The van der Waals surface area contributed by atoms with Crippen LogP contribution in [0.3, 0.4) is 0 Å². The van der Waals surface area contributed by atoms with E-state index in [1.165, 1.54) is 23.5 Å². The lowest BCUT2D eigenvalue weighted by Crippen LogP contribution is -2.33. The minimum absolute atomic E-state index is 0.130. The van der Waals surface area contributed by atoms with E-state index in [1.807, 2.05) is 19.0 Å². The van der Waals surface area contributed by atoms with Gasteiger partial charge in [0.15, 0.2) is 15.0 Å². The number of sulfone groups is 1. The molecule has 0 radical (unpaired) electrons. The highest BCUT2D eigenvalue weighted by molar-refractivity contribution is 7.92. The minimum Gasteiger partial charge on any atom is -0.494 e. The summed E-state index contributed by atoms with van der Waals surface area (Å²) in [6.07, 6.45) is 0.712. The molecule has 1 amide bonds. The van der Waals surface area contributed by atoms with Gasteiger partial charge in [0, 0.05) is 12.1 Å². The zero-order valence-corrected chi connectivity index (χ0v) is 21.7. The van der Waals surface area contributed by atoms with Gasteiger partial charge in [-0.2, -0.15) is 0 Å². The molecule has 0 N–H and O–H groups in total. The van der Waals surface area contributed by atoms with Crippen molar-refractivity contribution in [1.82, 2.24) is 9.88 Å². The van der Waals surface area contributed by atoms with Crippen LogP contribution in [0.1, 0.15) is 30.6 Å². The van der Waals surface area contributed by atoms with Crippen LogP contribution in [0.25, 0.3) is 10.2 Å². The van der Waals surface area contributed by atoms with Gasteiger partial charge in [0.25, 0.3) is 5.91 Å². The van der Waals surface area contributed by atoms with Gasteiger partial charge in [0.2, 0.25) is 0 Å². The number of thiazole rings is 1. The van der Waals surface area contributed by atoms with Crippen molar-refractivity contribution >= 4 is 54.0 Å². The van der Waals surface area contributed by atoms with Crippen molar-refractivity contribution in [3.05, 3.63) is 47.0 Å². The number of aromatic nitrogens is 1. The van der Waals surface area contributed by atoms with Crippen molar-refractivity contribution in [3.63, 3.8) is 0 Å². The monoisotopic (exact) mass is 509 g/mol. The summed E-state index contributed by atoms with van der Waals surface area (Å²) in [6, 6.07) is 9.67. The van der Waals surface area contributed by atoms with Crippen molar-refractivity contribution in [3.8, 4) is 5.75 Å². The Morgan fingerprint density at radius 3 is 2.55 bits per heavy atom. The van der Waals surface area contributed by atoms with E-state index in [0.717, 1.165) is 11.2 Å². The number of amides is 1. The first-order chi connectivity index (χ1) is 15.6. The van der Waals surface area contributed by atoms with Crippen molar-refractivity contribution in [2.45, 2.75) is 30.4 Å². The van der Waals surface area contributed by atoms with Gasteiger partial charge in [-0.1, -0.05) is 29.0 Å². The summed E-state index contributed by atoms with van der Waals surface area (Å²) in [7, 11) is 1.98. The molecule has 10 heteroatoms. The zero-order chi connectivity index (χ0) is 24.3. The summed E-state index contributed by atoms with van der Waals surface area (Å²) in [6.45, 7) is 4.43. The molecule has 2 aromatic carbocycles. The number of methoxy groups -OCH3 is 1. The quantitative estimate of drug-likeness (QED) is 0.414. The van der Waals surface area contributed by atoms with Gasteiger partial charge in [-0.3, -0.25) is 9.69 Å². The summed E-state index contributed by atoms with van der Waals surface area (Å²) >= 11 is 7.69. The SMILES string of the molecule is COc1ccc(Cl)c2sc(N(CCCN(C)C)C(=O)c3cccc(S(=O)(=O)C(C)C)c3)nc12. The van der Waals surface area contributed by atoms with Crippen LogP contribution in [-0.2, 0) is 9.84 Å². The van der Waals surface area contributed by atoms with Gasteiger partial charge < -0.3 is 9.64 Å². The van der Waals surface area contributed by atoms with Crippen molar-refractivity contribution in [2.24, 2.45) is 0 Å². The van der Waals surface area contributed by atoms with E-state index in [2.05, 4.69) is 4.98 Å². The Kier molecular flexibility index (Phi) is 8.00. The van der Waals surface area contributed by atoms with E-state index in [4.69, 9.17) is 16.3 Å². The van der Waals surface area contributed by atoms with Crippen LogP contribution in [0.15, 0.2) is 41.3 Å². The fourth-order valence-corrected chi connectivity index (χ4v) is 5.67. The van der Waals surface area contributed by atoms with Crippen LogP contribution in [0, 0.1) is 0 Å². The van der Waals surface area contributed by atoms with Gasteiger partial charge in [0.1, 0.15) is 11.3 Å². The predicted octanol–water partition coefficient (Wildman–Crippen LogP) is 4.74. The number of ether oxygens (including phenoxy) is 1. The molecule has 0 aliphatic carbocycles. The Morgan fingerprint density at radius 2 is 1.91 bits per heavy atom. The molecule has 3 aromatic rings. The van der Waals surface area contributed by atoms with E-state index in [1.54, 1.807) is 50.1 Å². The first kappa shape index (κ1) is 25.4. The van der Waals surface area contributed by atoms with E-state index < -0.39 is 15.1 Å². The fourth-order valence-electron chi connectivity index (χ4n) is 3.28. The maximum atomic E-state index is 13.6. The van der Waals surface area contributed by atoms with E-state index >= 15 is 0 Å². The second-order valence-electron chi connectivity index (χ2n) is 8.16. The molecule has 1 aromatic heterocycles. The Labute approximate surface area is 203 Å². The van der Waals surface area contributed by atoms with E-state index in [9.17, 15) is 13.2 Å². The molecular weight excluding hydrogens is 482 g/mol. The molecule has 178 valence electrons. The molecule has 7 nitrogen and oxygen atoms in total. The maximum absolute atomic E-state index is 13.6. The molecule has 0 spiro atoms. The molecular formula is C23H28ClN3O4S2. The molecule has 1 heterocycles. The van der Waals surface area contributed by atoms with Crippen molar-refractivity contribution < 1.29 is 17.9 Å². The molecule has 0 unspecified atom stereocenters. The van der Waals surface area contributed by atoms with Gasteiger partial charge in [0.05, 0.1) is 27.0 Å². The number of benzene rings is 2. The average Bonchev–Trinajstić information content (AvgIpc) is 3.22. The van der Waals surface area contributed by atoms with E-state index in [0.29, 0.717) is 39.9 Å². The Bertz CT molecular complexity index is 1260. The van der Waals surface area contributed by atoms with Crippen LogP contribution in [0.5, 0.6) is 5.75 Å². The number of halogens is 1. The number of anilines is 1. The number of rotatable bonds is 9. The van der Waals surface area contributed by atoms with Crippen LogP contribution in [-0.4, -0.2) is 63.8 Å². The third-order valence-corrected chi connectivity index (χ3v) is 8.85. The second kappa shape index (κ2) is 10.4. The maximum Gasteiger partial charge on any atom is 0.260 e. The molecule has 0 atom stereocenters. The number of fused-ring (bicyclic) bond motifs is 1. The minimum atomic E-state index is -3.51. The largest absolute Gasteiger partial charge is 0.494 e. The second-order valence-corrected chi connectivity index (χ2v) is 12.0. The third kappa shape index (κ3) is 5.48. The summed E-state index contributed by atoms with van der Waals surface area (Å²) in [4.78, 5) is 22.0. The van der Waals surface area contributed by atoms with Gasteiger partial charge in [-0.25, -0.2) is 13.4 Å². The van der Waals surface area contributed by atoms with Crippen LogP contribution in [0.4, 0.5) is 5.13 Å². The lowest BCUT2D eigenvalue weighted by Gasteiger charge is -2.21. The molecule has 0 saturated carbocycles. The van der Waals surface area contributed by atoms with Gasteiger partial charge >= 0.3 is 0 Å². The molecule has 33 heavy (non-hydrogen) atoms. The third-order valence-electron chi connectivity index (χ3n) is 5.16. The standard InChI is InChI=1S/C23H28ClN3O4S2/c1-15(2)33(29,30)17-9-6-8-16(14-17)22(28)27(13-7-12-26(3)4)23-25-20-19(31-5)11-10-18(24)21(20)32-23/h6,8-11,14-15H,7,12-13H2,1-5H3. The molecule has 0 aliphatic heterocycles. The number of carbonyl (C=O) groups excluding carboxylic acids is 1. The van der Waals surface area contributed by atoms with Crippen LogP contribution >= 0.6 is 22.9 Å². The predicted molar refractivity (Wildman–Crippen MR) is 135 cm³/mol. The first-order valence-electron chi connectivity index (χ1n) is 10.5. The highest BCUT2D eigenvalue weighted by Crippen LogP contribution is 2.39. The first-order valence-corrected chi connectivity index (χ1v) is 13.2. The number of hydrogen-bond acceptors (Lipinski definition) is 7. The number of carbonyl (C=O) groups is 1. The Balaban J connectivity index is 2.06.